The van der Waals surface area contributed by atoms with Crippen LogP contribution in [0.3, 0.4) is 0 Å². The van der Waals surface area contributed by atoms with Gasteiger partial charge >= 0.3 is 6.18 Å². The van der Waals surface area contributed by atoms with Gasteiger partial charge in [-0.15, -0.1) is 0 Å². The maximum absolute atomic E-state index is 12.2. The standard InChI is InChI=1S/C13H13ClF3N3O/c14-11-2-1-9(5-12(11)21-8-13(15,16)17)10-6-19-20(7-10)4-3-18/h1-2,5-7H,3-4,8,18H2. The average Bonchev–Trinajstić information content (AvgIpc) is 2.86. The maximum Gasteiger partial charge on any atom is 0.422 e. The Balaban J connectivity index is 2.20. The van der Waals surface area contributed by atoms with E-state index in [1.165, 1.54) is 12.1 Å². The molecule has 2 aromatic rings. The van der Waals surface area contributed by atoms with Gasteiger partial charge in [0.25, 0.3) is 0 Å². The highest BCUT2D eigenvalue weighted by Crippen LogP contribution is 2.31. The molecule has 0 aliphatic heterocycles. The van der Waals surface area contributed by atoms with Crippen molar-refractivity contribution in [2.24, 2.45) is 5.73 Å². The van der Waals surface area contributed by atoms with Crippen LogP contribution in [0.5, 0.6) is 5.75 Å². The molecule has 0 radical (unpaired) electrons. The smallest absolute Gasteiger partial charge is 0.422 e. The SMILES string of the molecule is NCCn1cc(-c2ccc(Cl)c(OCC(F)(F)F)c2)cn1. The molecule has 2 rings (SSSR count). The van der Waals surface area contributed by atoms with Crippen molar-refractivity contribution in [1.82, 2.24) is 9.78 Å². The largest absolute Gasteiger partial charge is 0.483 e. The fraction of sp³-hybridized carbons (Fsp3) is 0.308. The van der Waals surface area contributed by atoms with Crippen molar-refractivity contribution in [1.29, 1.82) is 0 Å². The number of halogens is 4. The molecule has 0 saturated carbocycles. The molecular weight excluding hydrogens is 307 g/mol. The molecule has 0 unspecified atom stereocenters. The van der Waals surface area contributed by atoms with Gasteiger partial charge in [0.2, 0.25) is 0 Å². The van der Waals surface area contributed by atoms with E-state index in [0.29, 0.717) is 18.7 Å². The number of alkyl halides is 3. The van der Waals surface area contributed by atoms with Gasteiger partial charge in [-0.25, -0.2) is 0 Å². The minimum Gasteiger partial charge on any atom is -0.483 e. The predicted molar refractivity (Wildman–Crippen MR) is 73.3 cm³/mol. The van der Waals surface area contributed by atoms with Crippen LogP contribution in [0.2, 0.25) is 5.02 Å². The molecule has 0 bridgehead atoms. The Morgan fingerprint density at radius 3 is 2.71 bits per heavy atom. The fourth-order valence-corrected chi connectivity index (χ4v) is 1.89. The number of benzene rings is 1. The molecule has 2 N–H and O–H groups in total. The Labute approximate surface area is 124 Å². The molecule has 1 aromatic carbocycles. The molecule has 0 aliphatic rings. The lowest BCUT2D eigenvalue weighted by Gasteiger charge is -2.11. The van der Waals surface area contributed by atoms with Crippen LogP contribution < -0.4 is 10.5 Å². The average molecular weight is 320 g/mol. The van der Waals surface area contributed by atoms with E-state index < -0.39 is 12.8 Å². The van der Waals surface area contributed by atoms with Gasteiger partial charge in [0.1, 0.15) is 5.75 Å². The molecule has 0 aliphatic carbocycles. The van der Waals surface area contributed by atoms with Crippen LogP contribution in [0.15, 0.2) is 30.6 Å². The van der Waals surface area contributed by atoms with Gasteiger partial charge in [-0.1, -0.05) is 17.7 Å². The van der Waals surface area contributed by atoms with Gasteiger partial charge in [-0.3, -0.25) is 4.68 Å². The van der Waals surface area contributed by atoms with Gasteiger partial charge in [-0.05, 0) is 17.7 Å². The summed E-state index contributed by atoms with van der Waals surface area (Å²) in [6, 6.07) is 4.63. The van der Waals surface area contributed by atoms with E-state index in [4.69, 9.17) is 22.1 Å². The van der Waals surface area contributed by atoms with E-state index in [9.17, 15) is 13.2 Å². The molecule has 8 heteroatoms. The van der Waals surface area contributed by atoms with Crippen molar-refractivity contribution in [2.45, 2.75) is 12.7 Å². The third-order valence-electron chi connectivity index (χ3n) is 2.65. The lowest BCUT2D eigenvalue weighted by molar-refractivity contribution is -0.153. The number of rotatable bonds is 5. The van der Waals surface area contributed by atoms with Gasteiger partial charge in [-0.2, -0.15) is 18.3 Å². The van der Waals surface area contributed by atoms with Crippen LogP contribution >= 0.6 is 11.6 Å². The number of nitrogens with zero attached hydrogens (tertiary/aromatic N) is 2. The van der Waals surface area contributed by atoms with E-state index in [-0.39, 0.29) is 10.8 Å². The number of aromatic nitrogens is 2. The van der Waals surface area contributed by atoms with Crippen molar-refractivity contribution in [3.8, 4) is 16.9 Å². The first-order chi connectivity index (χ1) is 9.89. The highest BCUT2D eigenvalue weighted by molar-refractivity contribution is 6.32. The van der Waals surface area contributed by atoms with Crippen molar-refractivity contribution < 1.29 is 17.9 Å². The van der Waals surface area contributed by atoms with Crippen LogP contribution in [0.4, 0.5) is 13.2 Å². The summed E-state index contributed by atoms with van der Waals surface area (Å²) in [4.78, 5) is 0. The second kappa shape index (κ2) is 6.36. The first-order valence-corrected chi connectivity index (χ1v) is 6.49. The first-order valence-electron chi connectivity index (χ1n) is 6.11. The Morgan fingerprint density at radius 2 is 2.05 bits per heavy atom. The molecule has 0 amide bonds. The molecule has 1 heterocycles. The van der Waals surface area contributed by atoms with Gasteiger partial charge in [0, 0.05) is 18.3 Å². The lowest BCUT2D eigenvalue weighted by atomic mass is 10.1. The van der Waals surface area contributed by atoms with Crippen molar-refractivity contribution in [3.63, 3.8) is 0 Å². The quantitative estimate of drug-likeness (QED) is 0.921. The predicted octanol–water partition coefficient (Wildman–Crippen LogP) is 3.10. The topological polar surface area (TPSA) is 53.1 Å². The van der Waals surface area contributed by atoms with E-state index in [1.54, 1.807) is 23.1 Å². The molecule has 0 atom stereocenters. The van der Waals surface area contributed by atoms with Crippen molar-refractivity contribution >= 4 is 11.6 Å². The van der Waals surface area contributed by atoms with Crippen molar-refractivity contribution in [2.75, 3.05) is 13.2 Å². The van der Waals surface area contributed by atoms with E-state index in [0.717, 1.165) is 5.56 Å². The van der Waals surface area contributed by atoms with Crippen LogP contribution in [0.25, 0.3) is 11.1 Å². The van der Waals surface area contributed by atoms with Crippen LogP contribution in [0, 0.1) is 0 Å². The maximum atomic E-state index is 12.2. The number of nitrogens with two attached hydrogens (primary N) is 1. The van der Waals surface area contributed by atoms with E-state index >= 15 is 0 Å². The summed E-state index contributed by atoms with van der Waals surface area (Å²) in [5.41, 5.74) is 6.84. The van der Waals surface area contributed by atoms with Gasteiger partial charge in [0.05, 0.1) is 17.8 Å². The zero-order chi connectivity index (χ0) is 15.5. The zero-order valence-electron chi connectivity index (χ0n) is 10.9. The summed E-state index contributed by atoms with van der Waals surface area (Å²) < 4.78 is 42.9. The van der Waals surface area contributed by atoms with Gasteiger partial charge in [0.15, 0.2) is 6.61 Å². The van der Waals surface area contributed by atoms with Crippen molar-refractivity contribution in [3.05, 3.63) is 35.6 Å². The molecule has 0 fully saturated rings. The molecule has 4 nitrogen and oxygen atoms in total. The third-order valence-corrected chi connectivity index (χ3v) is 2.96. The van der Waals surface area contributed by atoms with Crippen LogP contribution in [0.1, 0.15) is 0 Å². The third kappa shape index (κ3) is 4.37. The minimum absolute atomic E-state index is 0.0157. The second-order valence-corrected chi connectivity index (χ2v) is 4.74. The highest BCUT2D eigenvalue weighted by Gasteiger charge is 2.28. The van der Waals surface area contributed by atoms with E-state index in [2.05, 4.69) is 5.10 Å². The number of hydrogen-bond acceptors (Lipinski definition) is 3. The summed E-state index contributed by atoms with van der Waals surface area (Å²) in [6.45, 7) is -0.380. The summed E-state index contributed by atoms with van der Waals surface area (Å²) in [6.07, 6.45) is -1.05. The minimum atomic E-state index is -4.41. The zero-order valence-corrected chi connectivity index (χ0v) is 11.7. The van der Waals surface area contributed by atoms with E-state index in [1.807, 2.05) is 0 Å². The Kier molecular flexibility index (Phi) is 4.74. The van der Waals surface area contributed by atoms with Gasteiger partial charge < -0.3 is 10.5 Å². The number of ether oxygens (including phenoxy) is 1. The highest BCUT2D eigenvalue weighted by atomic mass is 35.5. The summed E-state index contributed by atoms with van der Waals surface area (Å²) >= 11 is 5.84. The Morgan fingerprint density at radius 1 is 1.29 bits per heavy atom. The molecule has 1 aromatic heterocycles. The Hall–Kier alpha value is -1.73. The molecule has 0 saturated heterocycles. The molecule has 114 valence electrons. The summed E-state index contributed by atoms with van der Waals surface area (Å²) in [5, 5.41) is 4.23. The number of hydrogen-bond donors (Lipinski definition) is 1. The molecule has 0 spiro atoms. The normalized spacial score (nSPS) is 11.7. The van der Waals surface area contributed by atoms with Crippen LogP contribution in [-0.4, -0.2) is 29.1 Å². The fourth-order valence-electron chi connectivity index (χ4n) is 1.72. The first kappa shape index (κ1) is 15.7. The molecular formula is C13H13ClF3N3O. The monoisotopic (exact) mass is 319 g/mol. The summed E-state index contributed by atoms with van der Waals surface area (Å²) in [7, 11) is 0. The lowest BCUT2D eigenvalue weighted by Crippen LogP contribution is -2.19. The second-order valence-electron chi connectivity index (χ2n) is 4.33. The van der Waals surface area contributed by atoms with Crippen LogP contribution in [-0.2, 0) is 6.54 Å². The Bertz CT molecular complexity index is 613. The summed E-state index contributed by atoms with van der Waals surface area (Å²) in [5.74, 6) is -0.0157. The molecule has 21 heavy (non-hydrogen) atoms.